The first-order valence-corrected chi connectivity index (χ1v) is 9.00. The Balaban J connectivity index is 1.63. The number of aryl methyl sites for hydroxylation is 3. The number of para-hydroxylation sites is 2. The number of carbonyl (C=O) groups excluding carboxylic acids is 1. The lowest BCUT2D eigenvalue weighted by molar-refractivity contribution is -0.116. The summed E-state index contributed by atoms with van der Waals surface area (Å²) < 4.78 is 3.58. The van der Waals surface area contributed by atoms with E-state index in [1.807, 2.05) is 73.0 Å². The SMILES string of the molecule is Cc1ccc(C)c(NC(=O)CCn2c(=O)c3cccn3c3ccccc32)c1. The van der Waals surface area contributed by atoms with E-state index >= 15 is 0 Å². The molecule has 2 aromatic carbocycles. The zero-order valence-corrected chi connectivity index (χ0v) is 15.4. The van der Waals surface area contributed by atoms with Crippen molar-refractivity contribution in [2.75, 3.05) is 5.32 Å². The molecule has 0 aliphatic heterocycles. The first-order valence-electron chi connectivity index (χ1n) is 9.00. The Kier molecular flexibility index (Phi) is 4.28. The van der Waals surface area contributed by atoms with E-state index in [-0.39, 0.29) is 17.9 Å². The zero-order chi connectivity index (χ0) is 19.0. The maximum absolute atomic E-state index is 12.9. The molecule has 0 unspecified atom stereocenters. The molecule has 0 atom stereocenters. The van der Waals surface area contributed by atoms with Crippen molar-refractivity contribution in [3.05, 3.63) is 82.3 Å². The van der Waals surface area contributed by atoms with Crippen LogP contribution >= 0.6 is 0 Å². The largest absolute Gasteiger partial charge is 0.326 e. The van der Waals surface area contributed by atoms with E-state index in [9.17, 15) is 9.59 Å². The minimum absolute atomic E-state index is 0.0850. The highest BCUT2D eigenvalue weighted by Gasteiger charge is 2.12. The highest BCUT2D eigenvalue weighted by molar-refractivity contribution is 5.91. The molecule has 0 aliphatic carbocycles. The number of nitrogens with zero attached hydrogens (tertiary/aromatic N) is 2. The van der Waals surface area contributed by atoms with Gasteiger partial charge in [-0.3, -0.25) is 9.59 Å². The van der Waals surface area contributed by atoms with Gasteiger partial charge in [0.2, 0.25) is 5.91 Å². The maximum Gasteiger partial charge on any atom is 0.275 e. The van der Waals surface area contributed by atoms with Crippen LogP contribution in [0.15, 0.2) is 65.6 Å². The van der Waals surface area contributed by atoms with Crippen LogP contribution in [-0.4, -0.2) is 14.9 Å². The summed E-state index contributed by atoms with van der Waals surface area (Å²) in [5, 5.41) is 2.96. The number of hydrogen-bond donors (Lipinski definition) is 1. The first kappa shape index (κ1) is 17.1. The van der Waals surface area contributed by atoms with Gasteiger partial charge < -0.3 is 14.3 Å². The molecule has 1 amide bonds. The minimum atomic E-state index is -0.102. The van der Waals surface area contributed by atoms with Crippen LogP contribution in [0.25, 0.3) is 16.6 Å². The Bertz CT molecular complexity index is 1220. The first-order chi connectivity index (χ1) is 13.0. The standard InChI is InChI=1S/C22H21N3O2/c1-15-9-10-16(2)17(14-15)23-21(26)11-13-25-19-7-4-3-6-18(19)24-12-5-8-20(24)22(25)27/h3-10,12,14H,11,13H2,1-2H3,(H,23,26). The van der Waals surface area contributed by atoms with Crippen LogP contribution in [0.2, 0.25) is 0 Å². The molecule has 0 fully saturated rings. The van der Waals surface area contributed by atoms with E-state index in [2.05, 4.69) is 5.32 Å². The molecule has 4 aromatic rings. The van der Waals surface area contributed by atoms with Crippen molar-refractivity contribution >= 4 is 28.1 Å². The average molecular weight is 359 g/mol. The second kappa shape index (κ2) is 6.76. The van der Waals surface area contributed by atoms with Gasteiger partial charge in [0.15, 0.2) is 0 Å². The lowest BCUT2D eigenvalue weighted by atomic mass is 10.1. The van der Waals surface area contributed by atoms with E-state index in [1.54, 1.807) is 10.6 Å². The molecule has 0 radical (unpaired) electrons. The second-order valence-electron chi connectivity index (χ2n) is 6.83. The number of benzene rings is 2. The predicted octanol–water partition coefficient (Wildman–Crippen LogP) is 3.90. The Morgan fingerprint density at radius 1 is 0.963 bits per heavy atom. The lowest BCUT2D eigenvalue weighted by Gasteiger charge is -2.13. The monoisotopic (exact) mass is 359 g/mol. The summed E-state index contributed by atoms with van der Waals surface area (Å²) in [5.74, 6) is -0.102. The van der Waals surface area contributed by atoms with Crippen LogP contribution in [0.4, 0.5) is 5.69 Å². The lowest BCUT2D eigenvalue weighted by Crippen LogP contribution is -2.25. The third kappa shape index (κ3) is 3.12. The number of hydrogen-bond acceptors (Lipinski definition) is 2. The molecular weight excluding hydrogens is 338 g/mol. The second-order valence-corrected chi connectivity index (χ2v) is 6.83. The molecular formula is C22H21N3O2. The van der Waals surface area contributed by atoms with Crippen LogP contribution in [0.5, 0.6) is 0 Å². The topological polar surface area (TPSA) is 55.5 Å². The quantitative estimate of drug-likeness (QED) is 0.601. The van der Waals surface area contributed by atoms with E-state index in [0.29, 0.717) is 12.1 Å². The third-order valence-electron chi connectivity index (χ3n) is 4.87. The highest BCUT2D eigenvalue weighted by atomic mass is 16.2. The number of amides is 1. The van der Waals surface area contributed by atoms with Gasteiger partial charge in [-0.15, -0.1) is 0 Å². The van der Waals surface area contributed by atoms with Crippen molar-refractivity contribution in [2.45, 2.75) is 26.8 Å². The Labute approximate surface area is 156 Å². The molecule has 0 spiro atoms. The molecule has 2 heterocycles. The molecule has 0 saturated heterocycles. The fourth-order valence-electron chi connectivity index (χ4n) is 3.43. The van der Waals surface area contributed by atoms with Gasteiger partial charge in [-0.05, 0) is 55.3 Å². The van der Waals surface area contributed by atoms with Crippen LogP contribution in [-0.2, 0) is 11.3 Å². The molecule has 1 N–H and O–H groups in total. The smallest absolute Gasteiger partial charge is 0.275 e. The average Bonchev–Trinajstić information content (AvgIpc) is 3.15. The normalized spacial score (nSPS) is 11.2. The van der Waals surface area contributed by atoms with Gasteiger partial charge >= 0.3 is 0 Å². The van der Waals surface area contributed by atoms with Crippen molar-refractivity contribution in [2.24, 2.45) is 0 Å². The van der Waals surface area contributed by atoms with E-state index in [0.717, 1.165) is 27.8 Å². The van der Waals surface area contributed by atoms with Crippen LogP contribution < -0.4 is 10.9 Å². The zero-order valence-electron chi connectivity index (χ0n) is 15.4. The van der Waals surface area contributed by atoms with E-state index in [4.69, 9.17) is 0 Å². The van der Waals surface area contributed by atoms with Crippen molar-refractivity contribution < 1.29 is 4.79 Å². The molecule has 5 heteroatoms. The van der Waals surface area contributed by atoms with E-state index in [1.165, 1.54) is 0 Å². The van der Waals surface area contributed by atoms with Gasteiger partial charge in [-0.2, -0.15) is 0 Å². The summed E-state index contributed by atoms with van der Waals surface area (Å²) in [4.78, 5) is 25.4. The molecule has 2 aromatic heterocycles. The number of anilines is 1. The molecule has 5 nitrogen and oxygen atoms in total. The third-order valence-corrected chi connectivity index (χ3v) is 4.87. The van der Waals surface area contributed by atoms with Crippen molar-refractivity contribution in [3.8, 4) is 0 Å². The van der Waals surface area contributed by atoms with Gasteiger partial charge in [0.05, 0.1) is 11.0 Å². The van der Waals surface area contributed by atoms with Gasteiger partial charge in [0.1, 0.15) is 5.52 Å². The molecule has 0 bridgehead atoms. The van der Waals surface area contributed by atoms with Gasteiger partial charge in [0.25, 0.3) is 5.56 Å². The van der Waals surface area contributed by atoms with Gasteiger partial charge in [-0.1, -0.05) is 24.3 Å². The van der Waals surface area contributed by atoms with Crippen molar-refractivity contribution in [1.82, 2.24) is 8.97 Å². The molecule has 4 rings (SSSR count). The fourth-order valence-corrected chi connectivity index (χ4v) is 3.43. The molecule has 136 valence electrons. The van der Waals surface area contributed by atoms with Crippen LogP contribution in [0.3, 0.4) is 0 Å². The molecule has 27 heavy (non-hydrogen) atoms. The summed E-state index contributed by atoms with van der Waals surface area (Å²) in [7, 11) is 0. The van der Waals surface area contributed by atoms with Gasteiger partial charge in [0, 0.05) is 24.8 Å². The highest BCUT2D eigenvalue weighted by Crippen LogP contribution is 2.18. The number of aromatic nitrogens is 2. The Hall–Kier alpha value is -3.34. The summed E-state index contributed by atoms with van der Waals surface area (Å²) >= 11 is 0. The Morgan fingerprint density at radius 3 is 2.52 bits per heavy atom. The predicted molar refractivity (Wildman–Crippen MR) is 108 cm³/mol. The number of fused-ring (bicyclic) bond motifs is 3. The molecule has 0 saturated carbocycles. The maximum atomic E-state index is 12.9. The fraction of sp³-hybridized carbons (Fsp3) is 0.182. The summed E-state index contributed by atoms with van der Waals surface area (Å²) in [6, 6.07) is 17.4. The minimum Gasteiger partial charge on any atom is -0.326 e. The van der Waals surface area contributed by atoms with Crippen molar-refractivity contribution in [3.63, 3.8) is 0 Å². The Morgan fingerprint density at radius 2 is 1.70 bits per heavy atom. The summed E-state index contributed by atoms with van der Waals surface area (Å²) in [5.41, 5.74) is 5.24. The van der Waals surface area contributed by atoms with E-state index < -0.39 is 0 Å². The summed E-state index contributed by atoms with van der Waals surface area (Å²) in [6.07, 6.45) is 2.12. The summed E-state index contributed by atoms with van der Waals surface area (Å²) in [6.45, 7) is 4.29. The number of rotatable bonds is 4. The molecule has 0 aliphatic rings. The number of nitrogens with one attached hydrogen (secondary N) is 1. The van der Waals surface area contributed by atoms with Crippen LogP contribution in [0, 0.1) is 13.8 Å². The van der Waals surface area contributed by atoms with Crippen LogP contribution in [0.1, 0.15) is 17.5 Å². The van der Waals surface area contributed by atoms with Gasteiger partial charge in [-0.25, -0.2) is 0 Å². The van der Waals surface area contributed by atoms with Crippen molar-refractivity contribution in [1.29, 1.82) is 0 Å². The number of carbonyl (C=O) groups is 1.